The van der Waals surface area contributed by atoms with E-state index in [0.29, 0.717) is 5.57 Å². The topological polar surface area (TPSA) is 93.1 Å². The summed E-state index contributed by atoms with van der Waals surface area (Å²) in [6, 6.07) is 2.48. The van der Waals surface area contributed by atoms with Crippen molar-refractivity contribution in [1.82, 2.24) is 0 Å². The Kier molecular flexibility index (Phi) is 5.35. The first kappa shape index (κ1) is 16.6. The van der Waals surface area contributed by atoms with Crippen molar-refractivity contribution in [2.75, 3.05) is 7.11 Å². The summed E-state index contributed by atoms with van der Waals surface area (Å²) in [7, 11) is 1.21. The Hall–Kier alpha value is -2.50. The molecular weight excluding hydrogens is 276 g/mol. The molecule has 1 rings (SSSR count). The highest BCUT2D eigenvalue weighted by Crippen LogP contribution is 2.32. The third kappa shape index (κ3) is 4.24. The van der Waals surface area contributed by atoms with Crippen LogP contribution >= 0.6 is 0 Å². The summed E-state index contributed by atoms with van der Waals surface area (Å²) in [4.78, 5) is 22.6. The fourth-order valence-electron chi connectivity index (χ4n) is 1.79. The maximum atomic E-state index is 11.5. The van der Waals surface area contributed by atoms with Crippen molar-refractivity contribution < 1.29 is 29.3 Å². The molecule has 2 N–H and O–H groups in total. The Morgan fingerprint density at radius 1 is 1.29 bits per heavy atom. The number of rotatable bonds is 5. The lowest BCUT2D eigenvalue weighted by Crippen LogP contribution is -2.20. The number of carbonyl (C=O) groups excluding carboxylic acids is 2. The lowest BCUT2D eigenvalue weighted by atomic mass is 9.99. The van der Waals surface area contributed by atoms with Gasteiger partial charge in [0.2, 0.25) is 0 Å². The smallest absolute Gasteiger partial charge is 0.337 e. The Bertz CT molecular complexity index is 576. The predicted octanol–water partition coefficient (Wildman–Crippen LogP) is 1.93. The van der Waals surface area contributed by atoms with Gasteiger partial charge in [-0.1, -0.05) is 6.58 Å². The Labute approximate surface area is 122 Å². The maximum absolute atomic E-state index is 11.5. The summed E-state index contributed by atoms with van der Waals surface area (Å²) >= 11 is 0. The van der Waals surface area contributed by atoms with E-state index < -0.39 is 23.8 Å². The highest BCUT2D eigenvalue weighted by molar-refractivity contribution is 5.90. The van der Waals surface area contributed by atoms with Crippen LogP contribution in [0.25, 0.3) is 0 Å². The SMILES string of the molecule is C=C(C)C(Cc1cc(C(=O)OC)cc(O)c1O)OC(C)=O. The molecule has 114 valence electrons. The van der Waals surface area contributed by atoms with Crippen molar-refractivity contribution in [3.63, 3.8) is 0 Å². The van der Waals surface area contributed by atoms with Gasteiger partial charge in [-0.15, -0.1) is 0 Å². The van der Waals surface area contributed by atoms with E-state index in [0.717, 1.165) is 6.07 Å². The van der Waals surface area contributed by atoms with Crippen molar-refractivity contribution in [3.8, 4) is 11.5 Å². The van der Waals surface area contributed by atoms with Crippen LogP contribution in [0.2, 0.25) is 0 Å². The summed E-state index contributed by atoms with van der Waals surface area (Å²) in [5.41, 5.74) is 0.920. The van der Waals surface area contributed by atoms with Crippen LogP contribution in [0, 0.1) is 0 Å². The fourth-order valence-corrected chi connectivity index (χ4v) is 1.79. The zero-order valence-corrected chi connectivity index (χ0v) is 12.2. The quantitative estimate of drug-likeness (QED) is 0.489. The first-order valence-electron chi connectivity index (χ1n) is 6.22. The molecule has 0 aliphatic carbocycles. The number of aromatic hydroxyl groups is 2. The molecule has 1 unspecified atom stereocenters. The average molecular weight is 294 g/mol. The number of methoxy groups -OCH3 is 1. The van der Waals surface area contributed by atoms with Gasteiger partial charge in [-0.05, 0) is 24.6 Å². The number of esters is 2. The molecule has 0 heterocycles. The highest BCUT2D eigenvalue weighted by Gasteiger charge is 2.20. The van der Waals surface area contributed by atoms with Crippen LogP contribution in [-0.4, -0.2) is 35.4 Å². The van der Waals surface area contributed by atoms with Gasteiger partial charge in [0.1, 0.15) is 6.10 Å². The molecule has 0 amide bonds. The van der Waals surface area contributed by atoms with Gasteiger partial charge in [0, 0.05) is 18.9 Å². The minimum absolute atomic E-state index is 0.0825. The summed E-state index contributed by atoms with van der Waals surface area (Å²) in [6.45, 7) is 6.65. The molecule has 6 heteroatoms. The van der Waals surface area contributed by atoms with Crippen molar-refractivity contribution in [2.24, 2.45) is 0 Å². The van der Waals surface area contributed by atoms with Crippen LogP contribution in [0.15, 0.2) is 24.3 Å². The number of hydrogen-bond acceptors (Lipinski definition) is 6. The molecule has 6 nitrogen and oxygen atoms in total. The number of phenolic OH excluding ortho intramolecular Hbond substituents is 2. The monoisotopic (exact) mass is 294 g/mol. The van der Waals surface area contributed by atoms with E-state index in [1.54, 1.807) is 6.92 Å². The third-order valence-electron chi connectivity index (χ3n) is 2.85. The van der Waals surface area contributed by atoms with E-state index in [1.807, 2.05) is 0 Å². The predicted molar refractivity (Wildman–Crippen MR) is 75.2 cm³/mol. The van der Waals surface area contributed by atoms with Gasteiger partial charge in [0.05, 0.1) is 12.7 Å². The lowest BCUT2D eigenvalue weighted by Gasteiger charge is -2.18. The van der Waals surface area contributed by atoms with Gasteiger partial charge in [-0.25, -0.2) is 4.79 Å². The van der Waals surface area contributed by atoms with Gasteiger partial charge in [-0.2, -0.15) is 0 Å². The normalized spacial score (nSPS) is 11.6. The molecular formula is C15H18O6. The number of carbonyl (C=O) groups is 2. The van der Waals surface area contributed by atoms with Crippen molar-refractivity contribution in [2.45, 2.75) is 26.4 Å². The Morgan fingerprint density at radius 2 is 1.90 bits per heavy atom. The number of phenols is 2. The zero-order valence-electron chi connectivity index (χ0n) is 12.2. The van der Waals surface area contributed by atoms with Crippen molar-refractivity contribution in [1.29, 1.82) is 0 Å². The molecule has 0 saturated heterocycles. The molecule has 0 spiro atoms. The standard InChI is InChI=1S/C15H18O6/c1-8(2)13(21-9(3)16)7-10-5-11(15(19)20-4)6-12(17)14(10)18/h5-6,13,17-18H,1,7H2,2-4H3. The van der Waals surface area contributed by atoms with E-state index in [2.05, 4.69) is 11.3 Å². The van der Waals surface area contributed by atoms with Gasteiger partial charge in [-0.3, -0.25) is 4.79 Å². The molecule has 0 aliphatic rings. The summed E-state index contributed by atoms with van der Waals surface area (Å²) in [5.74, 6) is -1.96. The molecule has 21 heavy (non-hydrogen) atoms. The molecule has 0 fully saturated rings. The second kappa shape index (κ2) is 6.78. The first-order valence-corrected chi connectivity index (χ1v) is 6.22. The molecule has 0 radical (unpaired) electrons. The third-order valence-corrected chi connectivity index (χ3v) is 2.85. The maximum Gasteiger partial charge on any atom is 0.337 e. The van der Waals surface area contributed by atoms with E-state index in [-0.39, 0.29) is 23.3 Å². The van der Waals surface area contributed by atoms with E-state index in [4.69, 9.17) is 4.74 Å². The second-order valence-corrected chi connectivity index (χ2v) is 4.64. The fraction of sp³-hybridized carbons (Fsp3) is 0.333. The Morgan fingerprint density at radius 3 is 2.38 bits per heavy atom. The first-order chi connectivity index (χ1) is 9.76. The minimum Gasteiger partial charge on any atom is -0.504 e. The van der Waals surface area contributed by atoms with Crippen LogP contribution in [0.5, 0.6) is 11.5 Å². The second-order valence-electron chi connectivity index (χ2n) is 4.64. The number of ether oxygens (including phenoxy) is 2. The van der Waals surface area contributed by atoms with Gasteiger partial charge < -0.3 is 19.7 Å². The van der Waals surface area contributed by atoms with E-state index in [1.165, 1.54) is 20.1 Å². The van der Waals surface area contributed by atoms with E-state index in [9.17, 15) is 19.8 Å². The van der Waals surface area contributed by atoms with Crippen LogP contribution < -0.4 is 0 Å². The molecule has 0 bridgehead atoms. The lowest BCUT2D eigenvalue weighted by molar-refractivity contribution is -0.144. The number of hydrogen-bond donors (Lipinski definition) is 2. The van der Waals surface area contributed by atoms with E-state index >= 15 is 0 Å². The molecule has 1 aromatic rings. The van der Waals surface area contributed by atoms with Crippen LogP contribution in [0.1, 0.15) is 29.8 Å². The Balaban J connectivity index is 3.16. The van der Waals surface area contributed by atoms with Gasteiger partial charge in [0.15, 0.2) is 11.5 Å². The summed E-state index contributed by atoms with van der Waals surface area (Å²) < 4.78 is 9.66. The highest BCUT2D eigenvalue weighted by atomic mass is 16.5. The zero-order chi connectivity index (χ0) is 16.2. The minimum atomic E-state index is -0.666. The summed E-state index contributed by atoms with van der Waals surface area (Å²) in [5, 5.41) is 19.5. The van der Waals surface area contributed by atoms with Crippen LogP contribution in [0.3, 0.4) is 0 Å². The largest absolute Gasteiger partial charge is 0.504 e. The number of benzene rings is 1. The molecule has 0 aliphatic heterocycles. The molecule has 1 aromatic carbocycles. The van der Waals surface area contributed by atoms with Gasteiger partial charge >= 0.3 is 11.9 Å². The molecule has 1 atom stereocenters. The van der Waals surface area contributed by atoms with Crippen LogP contribution in [-0.2, 0) is 20.7 Å². The average Bonchev–Trinajstić information content (AvgIpc) is 2.41. The molecule has 0 aromatic heterocycles. The van der Waals surface area contributed by atoms with Crippen molar-refractivity contribution in [3.05, 3.63) is 35.4 Å². The molecule has 0 saturated carbocycles. The van der Waals surface area contributed by atoms with Crippen LogP contribution in [0.4, 0.5) is 0 Å². The van der Waals surface area contributed by atoms with Gasteiger partial charge in [0.25, 0.3) is 0 Å². The summed E-state index contributed by atoms with van der Waals surface area (Å²) in [6.07, 6.45) is -0.584. The van der Waals surface area contributed by atoms with Crippen molar-refractivity contribution >= 4 is 11.9 Å².